The van der Waals surface area contributed by atoms with Crippen LogP contribution in [0.2, 0.25) is 0 Å². The molecular formula is C13H10ClNO. The number of nitrogens with zero attached hydrogens (tertiary/aromatic N) is 1. The van der Waals surface area contributed by atoms with Crippen LogP contribution in [0.5, 0.6) is 0 Å². The highest BCUT2D eigenvalue weighted by Gasteiger charge is 2.16. The monoisotopic (exact) mass is 231 g/mol. The number of hydrogen-bond donors (Lipinski definition) is 0. The van der Waals surface area contributed by atoms with Gasteiger partial charge in [-0.05, 0) is 11.5 Å². The first-order valence-electron chi connectivity index (χ1n) is 4.94. The molecule has 0 radical (unpaired) electrons. The highest BCUT2D eigenvalue weighted by molar-refractivity contribution is 6.12. The van der Waals surface area contributed by atoms with Crippen molar-refractivity contribution in [3.63, 3.8) is 0 Å². The van der Waals surface area contributed by atoms with Crippen molar-refractivity contribution in [2.45, 2.75) is 6.42 Å². The topological polar surface area (TPSA) is 30.0 Å². The maximum atomic E-state index is 11.8. The van der Waals surface area contributed by atoms with Crippen LogP contribution < -0.4 is 0 Å². The summed E-state index contributed by atoms with van der Waals surface area (Å²) in [5, 5.41) is 2.04. The van der Waals surface area contributed by atoms with E-state index in [9.17, 15) is 4.79 Å². The zero-order valence-electron chi connectivity index (χ0n) is 8.51. The van der Waals surface area contributed by atoms with Crippen molar-refractivity contribution in [3.8, 4) is 0 Å². The average Bonchev–Trinajstić information content (AvgIpc) is 2.29. The fraction of sp³-hybridized carbons (Fsp3) is 0.0769. The van der Waals surface area contributed by atoms with E-state index >= 15 is 0 Å². The van der Waals surface area contributed by atoms with Crippen molar-refractivity contribution in [1.82, 2.24) is 4.98 Å². The van der Waals surface area contributed by atoms with Gasteiger partial charge < -0.3 is 0 Å². The third-order valence-corrected chi connectivity index (χ3v) is 2.69. The number of halogens is 1. The molecule has 0 amide bonds. The van der Waals surface area contributed by atoms with E-state index in [4.69, 9.17) is 0 Å². The Balaban J connectivity index is 0.000000963. The smallest absolute Gasteiger partial charge is 0.169 e. The summed E-state index contributed by atoms with van der Waals surface area (Å²) in [5.41, 5.74) is 1.57. The molecule has 2 aromatic rings. The zero-order chi connectivity index (χ0) is 10.3. The van der Waals surface area contributed by atoms with Crippen LogP contribution in [0.25, 0.3) is 16.8 Å². The molecule has 0 unspecified atom stereocenters. The predicted molar refractivity (Wildman–Crippen MR) is 67.0 cm³/mol. The van der Waals surface area contributed by atoms with E-state index in [1.54, 1.807) is 0 Å². The number of carbonyl (C=O) groups excluding carboxylic acids is 1. The Morgan fingerprint density at radius 3 is 2.88 bits per heavy atom. The lowest BCUT2D eigenvalue weighted by Crippen LogP contribution is -2.06. The summed E-state index contributed by atoms with van der Waals surface area (Å²) in [5.74, 6) is 0.164. The number of ketones is 1. The van der Waals surface area contributed by atoms with Crippen molar-refractivity contribution in [3.05, 3.63) is 47.8 Å². The highest BCUT2D eigenvalue weighted by Crippen LogP contribution is 2.25. The zero-order valence-corrected chi connectivity index (χ0v) is 9.33. The van der Waals surface area contributed by atoms with Crippen molar-refractivity contribution < 1.29 is 4.79 Å². The van der Waals surface area contributed by atoms with Gasteiger partial charge in [0.15, 0.2) is 5.78 Å². The maximum Gasteiger partial charge on any atom is 0.169 e. The molecule has 1 aliphatic rings. The van der Waals surface area contributed by atoms with Crippen LogP contribution in [0, 0.1) is 0 Å². The molecule has 80 valence electrons. The maximum absolute atomic E-state index is 11.8. The second-order valence-electron chi connectivity index (χ2n) is 3.64. The molecule has 0 spiro atoms. The summed E-state index contributed by atoms with van der Waals surface area (Å²) < 4.78 is 0. The molecule has 2 nitrogen and oxygen atoms in total. The van der Waals surface area contributed by atoms with Crippen LogP contribution in [0.15, 0.2) is 36.5 Å². The quantitative estimate of drug-likeness (QED) is 0.697. The molecule has 0 atom stereocenters. The Hall–Kier alpha value is -1.67. The summed E-state index contributed by atoms with van der Waals surface area (Å²) in [4.78, 5) is 16.1. The fourth-order valence-corrected chi connectivity index (χ4v) is 1.98. The lowest BCUT2D eigenvalue weighted by Gasteiger charge is -2.11. The van der Waals surface area contributed by atoms with Crippen molar-refractivity contribution >= 4 is 35.0 Å². The molecular weight excluding hydrogens is 222 g/mol. The van der Waals surface area contributed by atoms with Gasteiger partial charge in [-0.1, -0.05) is 30.3 Å². The number of rotatable bonds is 0. The third-order valence-electron chi connectivity index (χ3n) is 2.69. The van der Waals surface area contributed by atoms with Crippen LogP contribution in [0.1, 0.15) is 22.5 Å². The molecule has 0 aliphatic heterocycles. The third kappa shape index (κ3) is 1.51. The molecule has 0 N–H and O–H groups in total. The SMILES string of the molecule is Cl.O=C1CC=Cc2ncc3ccccc3c21. The molecule has 0 bridgehead atoms. The summed E-state index contributed by atoms with van der Waals surface area (Å²) in [6.45, 7) is 0. The number of allylic oxidation sites excluding steroid dienone is 1. The minimum absolute atomic E-state index is 0. The molecule has 3 rings (SSSR count). The van der Waals surface area contributed by atoms with E-state index in [1.165, 1.54) is 0 Å². The number of fused-ring (bicyclic) bond motifs is 3. The van der Waals surface area contributed by atoms with E-state index in [0.29, 0.717) is 6.42 Å². The van der Waals surface area contributed by atoms with Crippen molar-refractivity contribution in [2.75, 3.05) is 0 Å². The Morgan fingerprint density at radius 1 is 1.19 bits per heavy atom. The number of hydrogen-bond acceptors (Lipinski definition) is 2. The minimum atomic E-state index is 0. The first-order chi connectivity index (χ1) is 7.36. The number of carbonyl (C=O) groups is 1. The van der Waals surface area contributed by atoms with Crippen molar-refractivity contribution in [2.24, 2.45) is 0 Å². The van der Waals surface area contributed by atoms with Gasteiger partial charge >= 0.3 is 0 Å². The van der Waals surface area contributed by atoms with Crippen LogP contribution >= 0.6 is 12.4 Å². The lowest BCUT2D eigenvalue weighted by molar-refractivity contribution is 0.0996. The molecule has 1 aromatic heterocycles. The minimum Gasteiger partial charge on any atom is -0.294 e. The number of pyridine rings is 1. The van der Waals surface area contributed by atoms with Gasteiger partial charge in [-0.15, -0.1) is 12.4 Å². The first kappa shape index (κ1) is 10.8. The van der Waals surface area contributed by atoms with Crippen molar-refractivity contribution in [1.29, 1.82) is 0 Å². The van der Waals surface area contributed by atoms with E-state index in [0.717, 1.165) is 22.0 Å². The second-order valence-corrected chi connectivity index (χ2v) is 3.64. The van der Waals surface area contributed by atoms with E-state index < -0.39 is 0 Å². The molecule has 1 aliphatic carbocycles. The van der Waals surface area contributed by atoms with Crippen LogP contribution in [-0.2, 0) is 0 Å². The normalized spacial score (nSPS) is 13.4. The molecule has 0 saturated heterocycles. The van der Waals surface area contributed by atoms with E-state index in [-0.39, 0.29) is 18.2 Å². The van der Waals surface area contributed by atoms with Gasteiger partial charge in [0, 0.05) is 18.0 Å². The Bertz CT molecular complexity index is 590. The number of benzene rings is 1. The van der Waals surface area contributed by atoms with Crippen LogP contribution in [0.4, 0.5) is 0 Å². The second kappa shape index (κ2) is 4.06. The van der Waals surface area contributed by atoms with E-state index in [2.05, 4.69) is 4.98 Å². The fourth-order valence-electron chi connectivity index (χ4n) is 1.98. The predicted octanol–water partition coefficient (Wildman–Crippen LogP) is 3.26. The average molecular weight is 232 g/mol. The summed E-state index contributed by atoms with van der Waals surface area (Å²) in [7, 11) is 0. The first-order valence-corrected chi connectivity index (χ1v) is 4.94. The van der Waals surface area contributed by atoms with Gasteiger partial charge in [0.25, 0.3) is 0 Å². The Labute approximate surface area is 99.4 Å². The van der Waals surface area contributed by atoms with Crippen LogP contribution in [-0.4, -0.2) is 10.8 Å². The molecule has 16 heavy (non-hydrogen) atoms. The molecule has 1 aromatic carbocycles. The summed E-state index contributed by atoms with van der Waals surface area (Å²) in [6.07, 6.45) is 6.09. The Kier molecular flexibility index (Phi) is 2.75. The molecule has 0 saturated carbocycles. The lowest BCUT2D eigenvalue weighted by atomic mass is 9.95. The van der Waals surface area contributed by atoms with Gasteiger partial charge in [0.2, 0.25) is 0 Å². The molecule has 0 fully saturated rings. The number of Topliss-reactive ketones (excluding diaryl/α,β-unsaturated/α-hetero) is 1. The van der Waals surface area contributed by atoms with Gasteiger partial charge in [-0.3, -0.25) is 9.78 Å². The largest absolute Gasteiger partial charge is 0.294 e. The highest BCUT2D eigenvalue weighted by atomic mass is 35.5. The van der Waals surface area contributed by atoms with Gasteiger partial charge in [-0.25, -0.2) is 0 Å². The number of aromatic nitrogens is 1. The van der Waals surface area contributed by atoms with Gasteiger partial charge in [-0.2, -0.15) is 0 Å². The summed E-state index contributed by atoms with van der Waals surface area (Å²) in [6, 6.07) is 7.87. The Morgan fingerprint density at radius 2 is 2.00 bits per heavy atom. The van der Waals surface area contributed by atoms with Crippen LogP contribution in [0.3, 0.4) is 0 Å². The van der Waals surface area contributed by atoms with E-state index in [1.807, 2.05) is 42.6 Å². The van der Waals surface area contributed by atoms with Gasteiger partial charge in [0.05, 0.1) is 11.3 Å². The molecule has 1 heterocycles. The standard InChI is InChI=1S/C13H9NO.ClH/c15-12-7-3-6-11-13(12)10-5-2-1-4-9(10)8-14-11;/h1-6,8H,7H2;1H. The van der Waals surface area contributed by atoms with Gasteiger partial charge in [0.1, 0.15) is 0 Å². The summed E-state index contributed by atoms with van der Waals surface area (Å²) >= 11 is 0. The molecule has 3 heteroatoms.